The summed E-state index contributed by atoms with van der Waals surface area (Å²) in [6, 6.07) is 0. The fourth-order valence-electron chi connectivity index (χ4n) is 7.06. The first kappa shape index (κ1) is 46.1. The van der Waals surface area contributed by atoms with Crippen LogP contribution in [0, 0.1) is 0 Å². The van der Waals surface area contributed by atoms with Crippen LogP contribution in [0.5, 0.6) is 0 Å². The Morgan fingerprint density at radius 3 is 1.33 bits per heavy atom. The molecule has 292 valence electrons. The van der Waals surface area contributed by atoms with Crippen molar-refractivity contribution in [1.82, 2.24) is 4.90 Å². The highest BCUT2D eigenvalue weighted by molar-refractivity contribution is 5.68. The van der Waals surface area contributed by atoms with Crippen LogP contribution in [0.4, 0.5) is 4.79 Å². The molecule has 0 spiro atoms. The van der Waals surface area contributed by atoms with Crippen molar-refractivity contribution in [2.45, 2.75) is 244 Å². The first-order valence-corrected chi connectivity index (χ1v) is 21.1. The highest BCUT2D eigenvalue weighted by atomic mass is 16.6. The highest BCUT2D eigenvalue weighted by Gasteiger charge is 2.47. The number of rotatable bonds is 33. The summed E-state index contributed by atoms with van der Waals surface area (Å²) >= 11 is 0. The standard InChI is InChI=1S/C41H81NO7/c1-4-6-8-10-12-14-16-18-19-20-21-23-25-27-29-31-33-42(40-39(46)38(45)37(44)36(34-43)49-40)41(47)48-35(3)32-30-28-26-24-22-17-15-13-11-9-7-5-2/h35-40,43-46H,4-34H2,1-3H3/t35?,36-,37-,38+,39+,40?/m1/s1. The maximum Gasteiger partial charge on any atom is 0.412 e. The monoisotopic (exact) mass is 700 g/mol. The zero-order chi connectivity index (χ0) is 36.0. The fraction of sp³-hybridized carbons (Fsp3) is 0.976. The molecule has 8 heteroatoms. The molecule has 1 fully saturated rings. The molecule has 0 radical (unpaired) electrons. The summed E-state index contributed by atoms with van der Waals surface area (Å²) in [6.07, 6.45) is 28.5. The SMILES string of the molecule is CCCCCCCCCCCCCCCCCCN(C(=O)OC(C)CCCCCCCCCCCCCC)C1O[C@H](CO)[C@@H](O)[C@H](O)[C@@H]1O. The molecule has 49 heavy (non-hydrogen) atoms. The summed E-state index contributed by atoms with van der Waals surface area (Å²) in [7, 11) is 0. The molecule has 2 unspecified atom stereocenters. The molecule has 1 aliphatic rings. The van der Waals surface area contributed by atoms with Gasteiger partial charge in [0.1, 0.15) is 30.5 Å². The second-order valence-electron chi connectivity index (χ2n) is 15.1. The molecule has 0 saturated carbocycles. The van der Waals surface area contributed by atoms with E-state index in [9.17, 15) is 25.2 Å². The van der Waals surface area contributed by atoms with Gasteiger partial charge in [-0.25, -0.2) is 4.79 Å². The molecule has 1 saturated heterocycles. The minimum absolute atomic E-state index is 0.284. The second-order valence-corrected chi connectivity index (χ2v) is 15.1. The van der Waals surface area contributed by atoms with Gasteiger partial charge in [-0.2, -0.15) is 0 Å². The van der Waals surface area contributed by atoms with E-state index in [2.05, 4.69) is 13.8 Å². The number of hydrogen-bond acceptors (Lipinski definition) is 7. The second kappa shape index (κ2) is 31.8. The molecule has 0 aromatic rings. The molecule has 1 rings (SSSR count). The van der Waals surface area contributed by atoms with Crippen LogP contribution in [0.15, 0.2) is 0 Å². The van der Waals surface area contributed by atoms with E-state index in [0.717, 1.165) is 44.9 Å². The Kier molecular flexibility index (Phi) is 29.9. The van der Waals surface area contributed by atoms with Gasteiger partial charge in [-0.05, 0) is 26.2 Å². The zero-order valence-corrected chi connectivity index (χ0v) is 32.3. The van der Waals surface area contributed by atoms with E-state index in [1.165, 1.54) is 146 Å². The van der Waals surface area contributed by atoms with Gasteiger partial charge in [0.25, 0.3) is 0 Å². The number of aliphatic hydroxyl groups is 4. The van der Waals surface area contributed by atoms with Crippen molar-refractivity contribution < 1.29 is 34.7 Å². The van der Waals surface area contributed by atoms with Crippen molar-refractivity contribution in [1.29, 1.82) is 0 Å². The number of carbonyl (C=O) groups is 1. The van der Waals surface area contributed by atoms with Crippen LogP contribution >= 0.6 is 0 Å². The minimum atomic E-state index is -1.53. The average molecular weight is 700 g/mol. The zero-order valence-electron chi connectivity index (χ0n) is 32.3. The lowest BCUT2D eigenvalue weighted by atomic mass is 9.97. The predicted octanol–water partition coefficient (Wildman–Crippen LogP) is 9.97. The molecule has 1 amide bonds. The van der Waals surface area contributed by atoms with Crippen LogP contribution < -0.4 is 0 Å². The quantitative estimate of drug-likeness (QED) is 0.0504. The maximum absolute atomic E-state index is 13.4. The van der Waals surface area contributed by atoms with Crippen LogP contribution in [-0.2, 0) is 9.47 Å². The Labute approximate surface area is 302 Å². The molecule has 0 bridgehead atoms. The summed E-state index contributed by atoms with van der Waals surface area (Å²) in [6.45, 7) is 6.20. The van der Waals surface area contributed by atoms with Gasteiger partial charge in [-0.15, -0.1) is 0 Å². The van der Waals surface area contributed by atoms with Gasteiger partial charge in [0.05, 0.1) is 6.61 Å². The van der Waals surface area contributed by atoms with Gasteiger partial charge >= 0.3 is 6.09 Å². The van der Waals surface area contributed by atoms with Crippen LogP contribution in [0.1, 0.15) is 207 Å². The molecular formula is C41H81NO7. The molecule has 0 aliphatic carbocycles. The van der Waals surface area contributed by atoms with Crippen molar-refractivity contribution >= 4 is 6.09 Å². The lowest BCUT2D eigenvalue weighted by molar-refractivity contribution is -0.259. The van der Waals surface area contributed by atoms with Crippen molar-refractivity contribution in [3.63, 3.8) is 0 Å². The Balaban J connectivity index is 2.36. The van der Waals surface area contributed by atoms with E-state index in [4.69, 9.17) is 9.47 Å². The third-order valence-corrected chi connectivity index (χ3v) is 10.4. The van der Waals surface area contributed by atoms with Gasteiger partial charge < -0.3 is 29.9 Å². The van der Waals surface area contributed by atoms with Gasteiger partial charge in [0.2, 0.25) is 0 Å². The molecule has 8 nitrogen and oxygen atoms in total. The number of aliphatic hydroxyl groups excluding tert-OH is 4. The Morgan fingerprint density at radius 1 is 0.571 bits per heavy atom. The van der Waals surface area contributed by atoms with Gasteiger partial charge in [0.15, 0.2) is 6.23 Å². The third-order valence-electron chi connectivity index (χ3n) is 10.4. The van der Waals surface area contributed by atoms with E-state index >= 15 is 0 Å². The van der Waals surface area contributed by atoms with E-state index in [-0.39, 0.29) is 6.10 Å². The molecule has 6 atom stereocenters. The first-order valence-electron chi connectivity index (χ1n) is 21.1. The Morgan fingerprint density at radius 2 is 0.939 bits per heavy atom. The number of unbranched alkanes of at least 4 members (excludes halogenated alkanes) is 26. The van der Waals surface area contributed by atoms with E-state index in [0.29, 0.717) is 6.54 Å². The maximum atomic E-state index is 13.4. The summed E-state index contributed by atoms with van der Waals surface area (Å²) in [5.41, 5.74) is 0. The number of ether oxygens (including phenoxy) is 2. The molecule has 0 aromatic carbocycles. The topological polar surface area (TPSA) is 120 Å². The lowest BCUT2D eigenvalue weighted by Gasteiger charge is -2.44. The van der Waals surface area contributed by atoms with Crippen LogP contribution in [0.2, 0.25) is 0 Å². The number of amides is 1. The fourth-order valence-corrected chi connectivity index (χ4v) is 7.06. The van der Waals surface area contributed by atoms with E-state index in [1.54, 1.807) is 0 Å². The summed E-state index contributed by atoms with van der Waals surface area (Å²) in [4.78, 5) is 14.7. The van der Waals surface area contributed by atoms with Crippen molar-refractivity contribution in [2.75, 3.05) is 13.2 Å². The van der Waals surface area contributed by atoms with Crippen LogP contribution in [-0.4, -0.2) is 81.3 Å². The van der Waals surface area contributed by atoms with Crippen molar-refractivity contribution in [3.05, 3.63) is 0 Å². The highest BCUT2D eigenvalue weighted by Crippen LogP contribution is 2.26. The average Bonchev–Trinajstić information content (AvgIpc) is 3.09. The Hall–Kier alpha value is -0.930. The smallest absolute Gasteiger partial charge is 0.412 e. The predicted molar refractivity (Wildman–Crippen MR) is 202 cm³/mol. The summed E-state index contributed by atoms with van der Waals surface area (Å²) < 4.78 is 11.6. The first-order chi connectivity index (χ1) is 23.9. The number of carbonyl (C=O) groups excluding carboxylic acids is 1. The van der Waals surface area contributed by atoms with Crippen molar-refractivity contribution in [3.8, 4) is 0 Å². The molecular weight excluding hydrogens is 618 g/mol. The van der Waals surface area contributed by atoms with Crippen LogP contribution in [0.25, 0.3) is 0 Å². The Bertz CT molecular complexity index is 739. The van der Waals surface area contributed by atoms with Crippen LogP contribution in [0.3, 0.4) is 0 Å². The molecule has 0 aromatic heterocycles. The number of nitrogens with zero attached hydrogens (tertiary/aromatic N) is 1. The lowest BCUT2D eigenvalue weighted by Crippen LogP contribution is -2.64. The number of hydrogen-bond donors (Lipinski definition) is 4. The van der Waals surface area contributed by atoms with Gasteiger partial charge in [0, 0.05) is 6.54 Å². The van der Waals surface area contributed by atoms with Crippen molar-refractivity contribution in [2.24, 2.45) is 0 Å². The molecule has 4 N–H and O–H groups in total. The van der Waals surface area contributed by atoms with Gasteiger partial charge in [-0.3, -0.25) is 4.90 Å². The third kappa shape index (κ3) is 22.6. The normalized spacial score (nSPS) is 21.6. The summed E-state index contributed by atoms with van der Waals surface area (Å²) in [5, 5.41) is 41.2. The van der Waals surface area contributed by atoms with Gasteiger partial charge in [-0.1, -0.05) is 181 Å². The molecule has 1 aliphatic heterocycles. The minimum Gasteiger partial charge on any atom is -0.446 e. The largest absolute Gasteiger partial charge is 0.446 e. The van der Waals surface area contributed by atoms with E-state index in [1.807, 2.05) is 6.92 Å². The van der Waals surface area contributed by atoms with E-state index < -0.39 is 43.3 Å². The molecule has 1 heterocycles. The summed E-state index contributed by atoms with van der Waals surface area (Å²) in [5.74, 6) is 0.